The third-order valence-corrected chi connectivity index (χ3v) is 2.86. The highest BCUT2D eigenvalue weighted by atomic mass is 19.4. The first-order valence-electron chi connectivity index (χ1n) is 5.99. The lowest BCUT2D eigenvalue weighted by Crippen LogP contribution is -2.45. The smallest absolute Gasteiger partial charge is 0.377 e. The number of anilines is 1. The highest BCUT2D eigenvalue weighted by Crippen LogP contribution is 2.35. The number of nitrogens with one attached hydrogen (secondary N) is 1. The van der Waals surface area contributed by atoms with Crippen molar-refractivity contribution in [2.75, 3.05) is 18.5 Å². The molecule has 6 heteroatoms. The van der Waals surface area contributed by atoms with Gasteiger partial charge in [0.1, 0.15) is 0 Å². The van der Waals surface area contributed by atoms with E-state index in [2.05, 4.69) is 5.32 Å². The third-order valence-electron chi connectivity index (χ3n) is 2.86. The van der Waals surface area contributed by atoms with Crippen LogP contribution in [-0.2, 0) is 15.7 Å². The lowest BCUT2D eigenvalue weighted by Gasteiger charge is -2.35. The second kappa shape index (κ2) is 5.02. The standard InChI is InChI=1S/C13H16F3NO2/c1-12(2)18-7-9(8-19-12)17-11-6-4-3-5-10(11)13(14,15)16/h3-6,9,17H,7-8H2,1-2H3. The fourth-order valence-electron chi connectivity index (χ4n) is 1.85. The lowest BCUT2D eigenvalue weighted by atomic mass is 10.1. The Morgan fingerprint density at radius 1 is 1.16 bits per heavy atom. The topological polar surface area (TPSA) is 30.5 Å². The second-order valence-corrected chi connectivity index (χ2v) is 4.91. The number of hydrogen-bond acceptors (Lipinski definition) is 3. The molecule has 1 saturated heterocycles. The van der Waals surface area contributed by atoms with Crippen LogP contribution in [0.4, 0.5) is 18.9 Å². The Kier molecular flexibility index (Phi) is 3.73. The molecule has 2 rings (SSSR count). The van der Waals surface area contributed by atoms with E-state index in [1.807, 2.05) is 0 Å². The molecular formula is C13H16F3NO2. The predicted octanol–water partition coefficient (Wildman–Crippen LogP) is 3.27. The van der Waals surface area contributed by atoms with Crippen LogP contribution in [0.3, 0.4) is 0 Å². The molecule has 1 heterocycles. The van der Waals surface area contributed by atoms with Gasteiger partial charge in [-0.15, -0.1) is 0 Å². The first-order valence-corrected chi connectivity index (χ1v) is 5.99. The van der Waals surface area contributed by atoms with Gasteiger partial charge in [-0.3, -0.25) is 0 Å². The Hall–Kier alpha value is -1.27. The second-order valence-electron chi connectivity index (χ2n) is 4.91. The minimum absolute atomic E-state index is 0.0481. The van der Waals surface area contributed by atoms with Gasteiger partial charge in [0.2, 0.25) is 0 Å². The predicted molar refractivity (Wildman–Crippen MR) is 64.8 cm³/mol. The van der Waals surface area contributed by atoms with Crippen LogP contribution in [0.5, 0.6) is 0 Å². The quantitative estimate of drug-likeness (QED) is 0.898. The average molecular weight is 275 g/mol. The number of benzene rings is 1. The van der Waals surface area contributed by atoms with E-state index in [1.165, 1.54) is 12.1 Å². The molecule has 1 aromatic rings. The first-order chi connectivity index (χ1) is 8.78. The van der Waals surface area contributed by atoms with Crippen LogP contribution in [0, 0.1) is 0 Å². The van der Waals surface area contributed by atoms with Gasteiger partial charge >= 0.3 is 6.18 Å². The van der Waals surface area contributed by atoms with Crippen molar-refractivity contribution in [3.05, 3.63) is 29.8 Å². The summed E-state index contributed by atoms with van der Waals surface area (Å²) >= 11 is 0. The Balaban J connectivity index is 2.08. The molecule has 0 aromatic heterocycles. The van der Waals surface area contributed by atoms with Gasteiger partial charge in [-0.1, -0.05) is 12.1 Å². The molecule has 1 aromatic carbocycles. The number of alkyl halides is 3. The summed E-state index contributed by atoms with van der Waals surface area (Å²) in [6.45, 7) is 4.15. The number of ether oxygens (including phenoxy) is 2. The van der Waals surface area contributed by atoms with E-state index in [0.29, 0.717) is 13.2 Å². The molecule has 1 aliphatic rings. The fourth-order valence-corrected chi connectivity index (χ4v) is 1.85. The van der Waals surface area contributed by atoms with Gasteiger partial charge in [-0.05, 0) is 26.0 Å². The van der Waals surface area contributed by atoms with Crippen LogP contribution in [0.15, 0.2) is 24.3 Å². The van der Waals surface area contributed by atoms with Crippen molar-refractivity contribution >= 4 is 5.69 Å². The molecule has 0 spiro atoms. The van der Waals surface area contributed by atoms with E-state index in [1.54, 1.807) is 19.9 Å². The molecule has 0 atom stereocenters. The normalized spacial score (nSPS) is 20.3. The van der Waals surface area contributed by atoms with Crippen molar-refractivity contribution in [1.82, 2.24) is 0 Å². The first kappa shape index (κ1) is 14.1. The number of halogens is 3. The average Bonchev–Trinajstić information content (AvgIpc) is 2.31. The Bertz CT molecular complexity index is 436. The van der Waals surface area contributed by atoms with Gasteiger partial charge in [-0.2, -0.15) is 13.2 Å². The molecule has 1 fully saturated rings. The number of hydrogen-bond donors (Lipinski definition) is 1. The lowest BCUT2D eigenvalue weighted by molar-refractivity contribution is -0.247. The van der Waals surface area contributed by atoms with Gasteiger partial charge in [0.05, 0.1) is 24.8 Å². The third kappa shape index (κ3) is 3.61. The van der Waals surface area contributed by atoms with Crippen LogP contribution in [0.1, 0.15) is 19.4 Å². The molecule has 1 N–H and O–H groups in total. The molecule has 0 bridgehead atoms. The van der Waals surface area contributed by atoms with Gasteiger partial charge in [0, 0.05) is 5.69 Å². The summed E-state index contributed by atoms with van der Waals surface area (Å²) in [6, 6.07) is 5.09. The number of rotatable bonds is 2. The minimum atomic E-state index is -4.38. The van der Waals surface area contributed by atoms with Gasteiger partial charge in [0.15, 0.2) is 5.79 Å². The van der Waals surface area contributed by atoms with Crippen LogP contribution in [0.2, 0.25) is 0 Å². The van der Waals surface area contributed by atoms with Crippen LogP contribution >= 0.6 is 0 Å². The molecule has 0 unspecified atom stereocenters. The Labute approximate surface area is 109 Å². The Morgan fingerprint density at radius 3 is 2.32 bits per heavy atom. The summed E-state index contributed by atoms with van der Waals surface area (Å²) in [4.78, 5) is 0. The van der Waals surface area contributed by atoms with Crippen molar-refractivity contribution in [1.29, 1.82) is 0 Å². The highest BCUT2D eigenvalue weighted by molar-refractivity contribution is 5.53. The monoisotopic (exact) mass is 275 g/mol. The fraction of sp³-hybridized carbons (Fsp3) is 0.538. The molecule has 0 aliphatic carbocycles. The van der Waals surface area contributed by atoms with E-state index in [9.17, 15) is 13.2 Å². The molecule has 0 saturated carbocycles. The molecule has 19 heavy (non-hydrogen) atoms. The van der Waals surface area contributed by atoms with Crippen LogP contribution < -0.4 is 5.32 Å². The molecule has 3 nitrogen and oxygen atoms in total. The van der Waals surface area contributed by atoms with Crippen molar-refractivity contribution in [2.24, 2.45) is 0 Å². The van der Waals surface area contributed by atoms with Crippen molar-refractivity contribution in [3.8, 4) is 0 Å². The van der Waals surface area contributed by atoms with Crippen LogP contribution in [0.25, 0.3) is 0 Å². The van der Waals surface area contributed by atoms with Crippen LogP contribution in [-0.4, -0.2) is 25.0 Å². The van der Waals surface area contributed by atoms with Crippen molar-refractivity contribution in [3.63, 3.8) is 0 Å². The van der Waals surface area contributed by atoms with Gasteiger partial charge in [0.25, 0.3) is 0 Å². The largest absolute Gasteiger partial charge is 0.418 e. The molecule has 0 amide bonds. The van der Waals surface area contributed by atoms with Gasteiger partial charge < -0.3 is 14.8 Å². The molecule has 106 valence electrons. The zero-order chi connectivity index (χ0) is 14.1. The summed E-state index contributed by atoms with van der Waals surface area (Å²) < 4.78 is 49.3. The summed E-state index contributed by atoms with van der Waals surface area (Å²) in [6.07, 6.45) is -4.38. The summed E-state index contributed by atoms with van der Waals surface area (Å²) in [5.74, 6) is -0.679. The van der Waals surface area contributed by atoms with Gasteiger partial charge in [-0.25, -0.2) is 0 Å². The maximum atomic E-state index is 12.8. The Morgan fingerprint density at radius 2 is 1.74 bits per heavy atom. The molecular weight excluding hydrogens is 259 g/mol. The minimum Gasteiger partial charge on any atom is -0.377 e. The zero-order valence-corrected chi connectivity index (χ0v) is 10.8. The van der Waals surface area contributed by atoms with Crippen molar-refractivity contribution in [2.45, 2.75) is 31.9 Å². The van der Waals surface area contributed by atoms with E-state index in [4.69, 9.17) is 9.47 Å². The van der Waals surface area contributed by atoms with E-state index in [0.717, 1.165) is 6.07 Å². The van der Waals surface area contributed by atoms with E-state index < -0.39 is 17.5 Å². The van der Waals surface area contributed by atoms with E-state index >= 15 is 0 Å². The maximum absolute atomic E-state index is 12.8. The zero-order valence-electron chi connectivity index (χ0n) is 10.8. The maximum Gasteiger partial charge on any atom is 0.418 e. The molecule has 1 aliphatic heterocycles. The summed E-state index contributed by atoms with van der Waals surface area (Å²) in [5, 5.41) is 2.82. The van der Waals surface area contributed by atoms with E-state index in [-0.39, 0.29) is 11.7 Å². The molecule has 0 radical (unpaired) electrons. The SMILES string of the molecule is CC1(C)OCC(Nc2ccccc2C(F)(F)F)CO1. The van der Waals surface area contributed by atoms with Crippen molar-refractivity contribution < 1.29 is 22.6 Å². The number of para-hydroxylation sites is 1. The highest BCUT2D eigenvalue weighted by Gasteiger charge is 2.34. The summed E-state index contributed by atoms with van der Waals surface area (Å²) in [5.41, 5.74) is -0.633. The summed E-state index contributed by atoms with van der Waals surface area (Å²) in [7, 11) is 0.